The molecule has 0 aliphatic heterocycles. The van der Waals surface area contributed by atoms with Crippen LogP contribution in [0.1, 0.15) is 41.5 Å². The zero-order valence-corrected chi connectivity index (χ0v) is 21.4. The summed E-state index contributed by atoms with van der Waals surface area (Å²) < 4.78 is 30.6. The van der Waals surface area contributed by atoms with Gasteiger partial charge in [-0.3, -0.25) is 20.3 Å². The Morgan fingerprint density at radius 1 is 1.03 bits per heavy atom. The Morgan fingerprint density at radius 3 is 2.49 bits per heavy atom. The Kier molecular flexibility index (Phi) is 10.0. The Hall–Kier alpha value is -3.93. The molecule has 2 aromatic carbocycles. The van der Waals surface area contributed by atoms with Crippen molar-refractivity contribution >= 4 is 33.6 Å². The van der Waals surface area contributed by atoms with Crippen molar-refractivity contribution < 1.29 is 39.0 Å². The van der Waals surface area contributed by atoms with Gasteiger partial charge >= 0.3 is 12.1 Å². The molecule has 39 heavy (non-hydrogen) atoms. The lowest BCUT2D eigenvalue weighted by Gasteiger charge is -2.12. The average molecular weight is 544 g/mol. The second-order valence-corrected chi connectivity index (χ2v) is 9.19. The van der Waals surface area contributed by atoms with E-state index in [9.17, 15) is 13.6 Å². The number of aryl methyl sites for hydroxylation is 4. The predicted molar refractivity (Wildman–Crippen MR) is 143 cm³/mol. The highest BCUT2D eigenvalue weighted by Gasteiger charge is 2.23. The summed E-state index contributed by atoms with van der Waals surface area (Å²) in [6.45, 7) is 2.08. The number of aliphatic carboxylic acids is 1. The summed E-state index contributed by atoms with van der Waals surface area (Å²) in [7, 11) is 0. The number of carboxylic acid groups (broad SMARTS) is 1. The van der Waals surface area contributed by atoms with Gasteiger partial charge < -0.3 is 20.7 Å². The first kappa shape index (κ1) is 29.6. The molecule has 2 aromatic heterocycles. The van der Waals surface area contributed by atoms with Gasteiger partial charge in [-0.25, -0.2) is 4.98 Å². The lowest BCUT2D eigenvalue weighted by molar-refractivity contribution is -0.204. The van der Waals surface area contributed by atoms with Crippen LogP contribution in [0, 0.1) is 6.92 Å². The number of halogens is 2. The van der Waals surface area contributed by atoms with Crippen LogP contribution in [0.25, 0.3) is 21.8 Å². The summed E-state index contributed by atoms with van der Waals surface area (Å²) in [5.41, 5.74) is 11.6. The molecular weight excluding hydrogens is 512 g/mol. The maximum atomic E-state index is 12.5. The second kappa shape index (κ2) is 13.2. The number of hydrogen-bond acceptors (Lipinski definition) is 8. The summed E-state index contributed by atoms with van der Waals surface area (Å²) in [5, 5.41) is 31.3. The number of anilines is 1. The Morgan fingerprint density at radius 2 is 1.79 bits per heavy atom. The monoisotopic (exact) mass is 543 g/mol. The minimum absolute atomic E-state index is 0.0510. The number of aliphatic hydroxyl groups is 1. The maximum Gasteiger partial charge on any atom is 0.353 e. The molecule has 0 amide bonds. The van der Waals surface area contributed by atoms with Crippen molar-refractivity contribution in [2.24, 2.45) is 0 Å². The number of carboxylic acids is 1. The number of rotatable bonds is 11. The quantitative estimate of drug-likeness (QED) is 0.0738. The van der Waals surface area contributed by atoms with E-state index in [-0.39, 0.29) is 19.4 Å². The number of nitrogens with two attached hydrogens (primary N) is 1. The summed E-state index contributed by atoms with van der Waals surface area (Å²) in [6, 6.07) is 13.5. The smallest absolute Gasteiger partial charge is 0.353 e. The van der Waals surface area contributed by atoms with Crippen LogP contribution >= 0.6 is 0 Å². The van der Waals surface area contributed by atoms with E-state index in [0.717, 1.165) is 45.9 Å². The number of aromatic nitrogens is 2. The molecule has 0 aliphatic carbocycles. The van der Waals surface area contributed by atoms with Crippen LogP contribution < -0.4 is 10.5 Å². The number of carbonyl (C=O) groups is 1. The molecule has 0 saturated heterocycles. The van der Waals surface area contributed by atoms with Crippen molar-refractivity contribution in [3.8, 4) is 5.75 Å². The fourth-order valence-corrected chi connectivity index (χ4v) is 4.33. The number of ether oxygens (including phenoxy) is 1. The molecule has 2 heterocycles. The van der Waals surface area contributed by atoms with Gasteiger partial charge in [-0.1, -0.05) is 18.2 Å². The third kappa shape index (κ3) is 8.28. The Labute approximate surface area is 223 Å². The first-order valence-electron chi connectivity index (χ1n) is 12.3. The number of pyridine rings is 2. The van der Waals surface area contributed by atoms with Crippen molar-refractivity contribution in [3.05, 3.63) is 70.9 Å². The fourth-order valence-electron chi connectivity index (χ4n) is 4.33. The molecule has 0 unspecified atom stereocenters. The second-order valence-electron chi connectivity index (χ2n) is 9.19. The van der Waals surface area contributed by atoms with Crippen molar-refractivity contribution in [3.63, 3.8) is 0 Å². The molecule has 0 saturated carbocycles. The molecular formula is C28H31F2N3O6. The van der Waals surface area contributed by atoms with Gasteiger partial charge in [0.25, 0.3) is 0 Å². The van der Waals surface area contributed by atoms with Gasteiger partial charge in [-0.05, 0) is 79.1 Å². The van der Waals surface area contributed by atoms with E-state index in [4.69, 9.17) is 31.2 Å². The minimum atomic E-state index is -3.67. The topological polar surface area (TPSA) is 159 Å². The Balaban J connectivity index is 0.00000205. The van der Waals surface area contributed by atoms with E-state index in [1.54, 1.807) is 6.20 Å². The van der Waals surface area contributed by atoms with E-state index in [1.165, 1.54) is 0 Å². The van der Waals surface area contributed by atoms with Gasteiger partial charge in [-0.15, -0.1) is 0 Å². The van der Waals surface area contributed by atoms with E-state index in [0.29, 0.717) is 29.0 Å². The van der Waals surface area contributed by atoms with Crippen LogP contribution in [-0.4, -0.2) is 49.4 Å². The van der Waals surface area contributed by atoms with Gasteiger partial charge in [-0.2, -0.15) is 8.78 Å². The first-order valence-corrected chi connectivity index (χ1v) is 12.3. The molecule has 208 valence electrons. The van der Waals surface area contributed by atoms with Crippen molar-refractivity contribution in [2.75, 3.05) is 12.3 Å². The van der Waals surface area contributed by atoms with Crippen molar-refractivity contribution in [1.29, 1.82) is 0 Å². The van der Waals surface area contributed by atoms with Crippen LogP contribution in [0.5, 0.6) is 5.75 Å². The zero-order chi connectivity index (χ0) is 28.6. The van der Waals surface area contributed by atoms with E-state index in [2.05, 4.69) is 16.0 Å². The van der Waals surface area contributed by atoms with E-state index < -0.39 is 18.5 Å². The molecule has 4 aromatic rings. The summed E-state index contributed by atoms with van der Waals surface area (Å²) in [5.74, 6) is 0.0911. The highest BCUT2D eigenvalue weighted by atomic mass is 19.3. The lowest BCUT2D eigenvalue weighted by Crippen LogP contribution is -2.15. The van der Waals surface area contributed by atoms with Crippen molar-refractivity contribution in [1.82, 2.24) is 9.97 Å². The zero-order valence-electron chi connectivity index (χ0n) is 21.4. The molecule has 6 N–H and O–H groups in total. The van der Waals surface area contributed by atoms with Gasteiger partial charge in [0.1, 0.15) is 11.3 Å². The summed E-state index contributed by atoms with van der Waals surface area (Å²) in [6.07, 6.45) is -0.452. The SMILES string of the molecule is Cc1cc(OCCCC(O)(F)F)ccc1CCc1cnc2c(N)nc3cc(CCC(=O)O)ccc3c2c1.OO. The molecule has 0 bridgehead atoms. The molecule has 0 spiro atoms. The molecule has 0 fully saturated rings. The lowest BCUT2D eigenvalue weighted by atomic mass is 9.99. The van der Waals surface area contributed by atoms with E-state index in [1.807, 2.05) is 43.3 Å². The summed E-state index contributed by atoms with van der Waals surface area (Å²) in [4.78, 5) is 20.0. The normalized spacial score (nSPS) is 11.3. The van der Waals surface area contributed by atoms with Gasteiger partial charge in [0, 0.05) is 29.8 Å². The number of benzene rings is 2. The van der Waals surface area contributed by atoms with Crippen LogP contribution in [0.2, 0.25) is 0 Å². The van der Waals surface area contributed by atoms with Gasteiger partial charge in [0.2, 0.25) is 0 Å². The molecule has 9 nitrogen and oxygen atoms in total. The Bertz CT molecular complexity index is 1440. The predicted octanol–water partition coefficient (Wildman–Crippen LogP) is 5.24. The summed E-state index contributed by atoms with van der Waals surface area (Å²) >= 11 is 0. The molecule has 4 rings (SSSR count). The number of fused-ring (bicyclic) bond motifs is 3. The molecule has 0 aliphatic rings. The number of nitrogen functional groups attached to an aromatic ring is 1. The van der Waals surface area contributed by atoms with Crippen LogP contribution in [-0.2, 0) is 24.1 Å². The molecule has 0 atom stereocenters. The minimum Gasteiger partial charge on any atom is -0.494 e. The average Bonchev–Trinajstić information content (AvgIpc) is 2.90. The molecule has 11 heteroatoms. The largest absolute Gasteiger partial charge is 0.494 e. The first-order chi connectivity index (χ1) is 18.6. The maximum absolute atomic E-state index is 12.5. The van der Waals surface area contributed by atoms with Crippen molar-refractivity contribution in [2.45, 2.75) is 51.6 Å². The molecule has 0 radical (unpaired) electrons. The number of nitrogens with zero attached hydrogens (tertiary/aromatic N) is 2. The van der Waals surface area contributed by atoms with Crippen LogP contribution in [0.3, 0.4) is 0 Å². The van der Waals surface area contributed by atoms with Gasteiger partial charge in [0.05, 0.1) is 12.1 Å². The highest BCUT2D eigenvalue weighted by molar-refractivity contribution is 6.08. The standard InChI is InChI=1S/C28H29F2N3O4.H2O2/c1-17-13-21(37-12-2-11-28(29,30)36)8-7-20(17)6-3-19-14-23-22-9-4-18(5-10-25(34)35)15-24(22)33-27(31)26(23)32-16-19;1-2/h4,7-9,13-16,36H,2-3,5-6,10-12H2,1H3,(H2,31,33)(H,34,35);1-2H. The third-order valence-electron chi connectivity index (χ3n) is 6.30. The fraction of sp³-hybridized carbons (Fsp3) is 0.321. The van der Waals surface area contributed by atoms with Gasteiger partial charge in [0.15, 0.2) is 5.82 Å². The van der Waals surface area contributed by atoms with E-state index >= 15 is 0 Å². The number of alkyl halides is 2. The highest BCUT2D eigenvalue weighted by Crippen LogP contribution is 2.29. The number of hydrogen-bond donors (Lipinski definition) is 5. The van der Waals surface area contributed by atoms with Crippen LogP contribution in [0.4, 0.5) is 14.6 Å². The third-order valence-corrected chi connectivity index (χ3v) is 6.30. The van der Waals surface area contributed by atoms with Crippen LogP contribution in [0.15, 0.2) is 48.7 Å².